The SMILES string of the molecule is CCC(O)c1nc2ccccc2n1C(C)c1ccccc1. The number of nitrogens with zero attached hydrogens (tertiary/aromatic N) is 2. The number of aromatic nitrogens is 2. The highest BCUT2D eigenvalue weighted by Gasteiger charge is 2.21. The van der Waals surface area contributed by atoms with Crippen molar-refractivity contribution in [1.29, 1.82) is 0 Å². The largest absolute Gasteiger partial charge is 0.385 e. The van der Waals surface area contributed by atoms with Crippen molar-refractivity contribution in [2.24, 2.45) is 0 Å². The summed E-state index contributed by atoms with van der Waals surface area (Å²) in [4.78, 5) is 4.64. The van der Waals surface area contributed by atoms with Crippen molar-refractivity contribution in [1.82, 2.24) is 9.55 Å². The Kier molecular flexibility index (Phi) is 3.76. The maximum Gasteiger partial charge on any atom is 0.139 e. The molecule has 2 atom stereocenters. The van der Waals surface area contributed by atoms with E-state index in [1.807, 2.05) is 43.3 Å². The molecule has 108 valence electrons. The first-order chi connectivity index (χ1) is 10.2. The van der Waals surface area contributed by atoms with Crippen LogP contribution in [0.3, 0.4) is 0 Å². The molecule has 2 aromatic carbocycles. The molecule has 0 bridgehead atoms. The highest BCUT2D eigenvalue weighted by Crippen LogP contribution is 2.29. The molecule has 1 aromatic heterocycles. The number of para-hydroxylation sites is 2. The summed E-state index contributed by atoms with van der Waals surface area (Å²) in [5, 5.41) is 10.3. The van der Waals surface area contributed by atoms with Crippen LogP contribution in [0.25, 0.3) is 11.0 Å². The Morgan fingerprint density at radius 1 is 1.05 bits per heavy atom. The molecule has 21 heavy (non-hydrogen) atoms. The molecular formula is C18H20N2O. The minimum atomic E-state index is -0.538. The van der Waals surface area contributed by atoms with Crippen molar-refractivity contribution in [3.05, 3.63) is 66.0 Å². The summed E-state index contributed by atoms with van der Waals surface area (Å²) < 4.78 is 2.15. The molecule has 3 aromatic rings. The van der Waals surface area contributed by atoms with Crippen LogP contribution in [0.4, 0.5) is 0 Å². The number of benzene rings is 2. The van der Waals surface area contributed by atoms with Gasteiger partial charge in [0.25, 0.3) is 0 Å². The second-order valence-electron chi connectivity index (χ2n) is 5.34. The summed E-state index contributed by atoms with van der Waals surface area (Å²) in [6.07, 6.45) is 0.119. The van der Waals surface area contributed by atoms with Crippen molar-refractivity contribution >= 4 is 11.0 Å². The van der Waals surface area contributed by atoms with Crippen molar-refractivity contribution in [2.75, 3.05) is 0 Å². The number of fused-ring (bicyclic) bond motifs is 1. The molecule has 0 radical (unpaired) electrons. The monoisotopic (exact) mass is 280 g/mol. The molecule has 0 aliphatic heterocycles. The maximum absolute atomic E-state index is 10.3. The lowest BCUT2D eigenvalue weighted by atomic mass is 10.1. The van der Waals surface area contributed by atoms with E-state index in [0.717, 1.165) is 16.9 Å². The van der Waals surface area contributed by atoms with Gasteiger partial charge in [-0.05, 0) is 31.0 Å². The van der Waals surface area contributed by atoms with Crippen molar-refractivity contribution in [3.8, 4) is 0 Å². The molecule has 3 heteroatoms. The molecule has 2 unspecified atom stereocenters. The lowest BCUT2D eigenvalue weighted by Gasteiger charge is -2.20. The van der Waals surface area contributed by atoms with Gasteiger partial charge in [0.1, 0.15) is 11.9 Å². The van der Waals surface area contributed by atoms with Gasteiger partial charge in [0.15, 0.2) is 0 Å². The number of hydrogen-bond donors (Lipinski definition) is 1. The van der Waals surface area contributed by atoms with Gasteiger partial charge in [0.2, 0.25) is 0 Å². The minimum absolute atomic E-state index is 0.134. The average molecular weight is 280 g/mol. The third-order valence-corrected chi connectivity index (χ3v) is 3.98. The molecule has 0 spiro atoms. The van der Waals surface area contributed by atoms with Crippen LogP contribution in [-0.2, 0) is 0 Å². The van der Waals surface area contributed by atoms with Crippen LogP contribution in [0.5, 0.6) is 0 Å². The third kappa shape index (κ3) is 2.45. The van der Waals surface area contributed by atoms with Gasteiger partial charge in [0.05, 0.1) is 17.1 Å². The topological polar surface area (TPSA) is 38.1 Å². The molecule has 0 aliphatic carbocycles. The van der Waals surface area contributed by atoms with Gasteiger partial charge in [-0.2, -0.15) is 0 Å². The molecular weight excluding hydrogens is 260 g/mol. The summed E-state index contributed by atoms with van der Waals surface area (Å²) in [5.74, 6) is 0.745. The Hall–Kier alpha value is -2.13. The number of rotatable bonds is 4. The van der Waals surface area contributed by atoms with Gasteiger partial charge in [-0.1, -0.05) is 49.4 Å². The van der Waals surface area contributed by atoms with Crippen LogP contribution in [0.1, 0.15) is 43.8 Å². The van der Waals surface area contributed by atoms with E-state index in [1.54, 1.807) is 0 Å². The van der Waals surface area contributed by atoms with Crippen LogP contribution in [0.15, 0.2) is 54.6 Å². The fraction of sp³-hybridized carbons (Fsp3) is 0.278. The van der Waals surface area contributed by atoms with Crippen molar-refractivity contribution in [2.45, 2.75) is 32.4 Å². The van der Waals surface area contributed by atoms with Gasteiger partial charge in [0, 0.05) is 0 Å². The van der Waals surface area contributed by atoms with E-state index >= 15 is 0 Å². The summed E-state index contributed by atoms with van der Waals surface area (Å²) >= 11 is 0. The summed E-state index contributed by atoms with van der Waals surface area (Å²) in [6.45, 7) is 4.12. The van der Waals surface area contributed by atoms with Crippen LogP contribution >= 0.6 is 0 Å². The zero-order valence-corrected chi connectivity index (χ0v) is 12.4. The molecule has 1 heterocycles. The predicted octanol–water partition coefficient (Wildman–Crippen LogP) is 4.09. The van der Waals surface area contributed by atoms with Gasteiger partial charge in [-0.25, -0.2) is 4.98 Å². The first-order valence-electron chi connectivity index (χ1n) is 7.42. The van der Waals surface area contributed by atoms with E-state index in [4.69, 9.17) is 0 Å². The Labute approximate surface area is 124 Å². The van der Waals surface area contributed by atoms with Gasteiger partial charge >= 0.3 is 0 Å². The fourth-order valence-corrected chi connectivity index (χ4v) is 2.77. The molecule has 0 amide bonds. The lowest BCUT2D eigenvalue weighted by Crippen LogP contribution is -2.13. The first kappa shape index (κ1) is 13.8. The second-order valence-corrected chi connectivity index (χ2v) is 5.34. The third-order valence-electron chi connectivity index (χ3n) is 3.98. The summed E-state index contributed by atoms with van der Waals surface area (Å²) in [5.41, 5.74) is 3.21. The van der Waals surface area contributed by atoms with Crippen LogP contribution in [0, 0.1) is 0 Å². The minimum Gasteiger partial charge on any atom is -0.385 e. The Morgan fingerprint density at radius 2 is 1.71 bits per heavy atom. The van der Waals surface area contributed by atoms with Gasteiger partial charge in [-0.3, -0.25) is 0 Å². The van der Waals surface area contributed by atoms with E-state index in [1.165, 1.54) is 5.56 Å². The van der Waals surface area contributed by atoms with E-state index in [0.29, 0.717) is 6.42 Å². The number of aliphatic hydroxyl groups is 1. The van der Waals surface area contributed by atoms with E-state index in [-0.39, 0.29) is 6.04 Å². The lowest BCUT2D eigenvalue weighted by molar-refractivity contribution is 0.158. The smallest absolute Gasteiger partial charge is 0.139 e. The zero-order chi connectivity index (χ0) is 14.8. The van der Waals surface area contributed by atoms with E-state index in [2.05, 4.69) is 34.7 Å². The average Bonchev–Trinajstić information content (AvgIpc) is 2.93. The van der Waals surface area contributed by atoms with Crippen molar-refractivity contribution < 1.29 is 5.11 Å². The molecule has 0 saturated heterocycles. The normalized spacial score (nSPS) is 14.2. The molecule has 1 N–H and O–H groups in total. The summed E-state index contributed by atoms with van der Waals surface area (Å²) in [6, 6.07) is 18.5. The Balaban J connectivity index is 2.19. The predicted molar refractivity (Wildman–Crippen MR) is 85.2 cm³/mol. The van der Waals surface area contributed by atoms with Crippen LogP contribution < -0.4 is 0 Å². The molecule has 0 saturated carbocycles. The van der Waals surface area contributed by atoms with Crippen molar-refractivity contribution in [3.63, 3.8) is 0 Å². The number of aliphatic hydroxyl groups excluding tert-OH is 1. The van der Waals surface area contributed by atoms with Crippen LogP contribution in [-0.4, -0.2) is 14.7 Å². The van der Waals surface area contributed by atoms with E-state index < -0.39 is 6.10 Å². The van der Waals surface area contributed by atoms with Gasteiger partial charge < -0.3 is 9.67 Å². The fourth-order valence-electron chi connectivity index (χ4n) is 2.77. The first-order valence-corrected chi connectivity index (χ1v) is 7.42. The molecule has 0 fully saturated rings. The highest BCUT2D eigenvalue weighted by molar-refractivity contribution is 5.76. The van der Waals surface area contributed by atoms with Crippen LogP contribution in [0.2, 0.25) is 0 Å². The standard InChI is InChI=1S/C18H20N2O/c1-3-17(21)18-19-15-11-7-8-12-16(15)20(18)13(2)14-9-5-4-6-10-14/h4-13,17,21H,3H2,1-2H3. The zero-order valence-electron chi connectivity index (χ0n) is 12.4. The molecule has 3 nitrogen and oxygen atoms in total. The molecule has 3 rings (SSSR count). The summed E-state index contributed by atoms with van der Waals surface area (Å²) in [7, 11) is 0. The Morgan fingerprint density at radius 3 is 2.43 bits per heavy atom. The molecule has 0 aliphatic rings. The van der Waals surface area contributed by atoms with Gasteiger partial charge in [-0.15, -0.1) is 0 Å². The quantitative estimate of drug-likeness (QED) is 0.781. The Bertz CT molecular complexity index is 733. The second kappa shape index (κ2) is 5.70. The van der Waals surface area contributed by atoms with E-state index in [9.17, 15) is 5.11 Å². The highest BCUT2D eigenvalue weighted by atomic mass is 16.3. The number of hydrogen-bond acceptors (Lipinski definition) is 2. The maximum atomic E-state index is 10.3. The number of imidazole rings is 1.